The van der Waals surface area contributed by atoms with Gasteiger partial charge in [0.1, 0.15) is 6.61 Å². The summed E-state index contributed by atoms with van der Waals surface area (Å²) in [6.07, 6.45) is 0. The zero-order valence-corrected chi connectivity index (χ0v) is 7.24. The number of ether oxygens (including phenoxy) is 1. The summed E-state index contributed by atoms with van der Waals surface area (Å²) in [6, 6.07) is 0.315. The van der Waals surface area contributed by atoms with Crippen LogP contribution in [0.4, 0.5) is 5.82 Å². The number of rotatable bonds is 1. The van der Waals surface area contributed by atoms with Gasteiger partial charge in [0.05, 0.1) is 12.6 Å². The Morgan fingerprint density at radius 1 is 1.58 bits per heavy atom. The predicted molar refractivity (Wildman–Crippen MR) is 44.4 cm³/mol. The van der Waals surface area contributed by atoms with Crippen molar-refractivity contribution in [2.75, 3.05) is 18.5 Å². The number of hydrogen-bond donors (Lipinski definition) is 1. The first-order chi connectivity index (χ1) is 5.79. The van der Waals surface area contributed by atoms with Crippen molar-refractivity contribution in [3.8, 4) is 5.88 Å². The molecule has 0 bridgehead atoms. The van der Waals surface area contributed by atoms with Crippen molar-refractivity contribution in [1.29, 1.82) is 0 Å². The van der Waals surface area contributed by atoms with Gasteiger partial charge in [-0.2, -0.15) is 0 Å². The first-order valence-corrected chi connectivity index (χ1v) is 4.11. The van der Waals surface area contributed by atoms with Gasteiger partial charge >= 0.3 is 0 Å². The maximum absolute atomic E-state index is 5.30. The van der Waals surface area contributed by atoms with E-state index in [1.165, 1.54) is 0 Å². The molecule has 12 heavy (non-hydrogen) atoms. The van der Waals surface area contributed by atoms with E-state index in [0.29, 0.717) is 18.5 Å². The average Bonchev–Trinajstić information content (AvgIpc) is 2.47. The lowest BCUT2D eigenvalue weighted by atomic mass is 10.4. The number of aromatic nitrogens is 3. The summed E-state index contributed by atoms with van der Waals surface area (Å²) in [5, 5.41) is 11.1. The van der Waals surface area contributed by atoms with E-state index < -0.39 is 0 Å². The van der Waals surface area contributed by atoms with Gasteiger partial charge in [-0.3, -0.25) is 0 Å². The minimum absolute atomic E-state index is 0.315. The average molecular weight is 168 g/mol. The molecule has 5 heteroatoms. The lowest BCUT2D eigenvalue weighted by Crippen LogP contribution is -2.20. The number of nitrogens with zero attached hydrogens (tertiary/aromatic N) is 3. The Bertz CT molecular complexity index is 281. The Hall–Kier alpha value is -1.26. The summed E-state index contributed by atoms with van der Waals surface area (Å²) in [7, 11) is 0. The summed E-state index contributed by atoms with van der Waals surface area (Å²) in [4.78, 5) is 0. The lowest BCUT2D eigenvalue weighted by Gasteiger charge is -2.16. The second kappa shape index (κ2) is 2.66. The topological polar surface area (TPSA) is 52.0 Å². The normalized spacial score (nSPS) is 15.2. The third kappa shape index (κ3) is 1.01. The molecule has 0 saturated heterocycles. The summed E-state index contributed by atoms with van der Waals surface area (Å²) in [6.45, 7) is 5.62. The standard InChI is InChI=1S/C7H12N4O/c1-5(2)11-6-7(9-10-11)12-4-3-8-6/h5,8H,3-4H2,1-2H3. The van der Waals surface area contributed by atoms with Crippen molar-refractivity contribution in [1.82, 2.24) is 15.0 Å². The highest BCUT2D eigenvalue weighted by atomic mass is 16.5. The Balaban J connectivity index is 2.38. The van der Waals surface area contributed by atoms with E-state index in [1.54, 1.807) is 0 Å². The zero-order chi connectivity index (χ0) is 8.55. The van der Waals surface area contributed by atoms with E-state index in [4.69, 9.17) is 4.74 Å². The molecular formula is C7H12N4O. The molecule has 0 aliphatic carbocycles. The molecule has 5 nitrogen and oxygen atoms in total. The first-order valence-electron chi connectivity index (χ1n) is 4.11. The van der Waals surface area contributed by atoms with Crippen LogP contribution in [-0.4, -0.2) is 28.1 Å². The maximum Gasteiger partial charge on any atom is 0.278 e. The second-order valence-corrected chi connectivity index (χ2v) is 3.06. The van der Waals surface area contributed by atoms with Crippen LogP contribution < -0.4 is 10.1 Å². The fraction of sp³-hybridized carbons (Fsp3) is 0.714. The molecule has 0 atom stereocenters. The molecule has 2 heterocycles. The fourth-order valence-corrected chi connectivity index (χ4v) is 1.21. The van der Waals surface area contributed by atoms with Crippen LogP contribution in [0, 0.1) is 0 Å². The van der Waals surface area contributed by atoms with Crippen LogP contribution >= 0.6 is 0 Å². The molecule has 1 aromatic rings. The van der Waals surface area contributed by atoms with Crippen molar-refractivity contribution in [2.24, 2.45) is 0 Å². The monoisotopic (exact) mass is 168 g/mol. The molecule has 1 aliphatic heterocycles. The van der Waals surface area contributed by atoms with Gasteiger partial charge in [-0.05, 0) is 13.8 Å². The smallest absolute Gasteiger partial charge is 0.278 e. The molecule has 0 unspecified atom stereocenters. The Morgan fingerprint density at radius 3 is 3.17 bits per heavy atom. The third-order valence-electron chi connectivity index (χ3n) is 1.79. The Kier molecular flexibility index (Phi) is 1.64. The molecule has 0 spiro atoms. The van der Waals surface area contributed by atoms with Crippen LogP contribution in [0.25, 0.3) is 0 Å². The largest absolute Gasteiger partial charge is 0.472 e. The van der Waals surface area contributed by atoms with E-state index in [-0.39, 0.29) is 0 Å². The second-order valence-electron chi connectivity index (χ2n) is 3.06. The van der Waals surface area contributed by atoms with Crippen LogP contribution in [-0.2, 0) is 0 Å². The molecule has 0 saturated carbocycles. The number of hydrogen-bond acceptors (Lipinski definition) is 4. The summed E-state index contributed by atoms with van der Waals surface area (Å²) >= 11 is 0. The number of anilines is 1. The van der Waals surface area contributed by atoms with Gasteiger partial charge in [0, 0.05) is 0 Å². The fourth-order valence-electron chi connectivity index (χ4n) is 1.21. The molecule has 0 radical (unpaired) electrons. The SMILES string of the molecule is CC(C)n1nnc2c1NCCO2. The molecule has 0 aromatic carbocycles. The highest BCUT2D eigenvalue weighted by Crippen LogP contribution is 2.25. The molecule has 1 aromatic heterocycles. The third-order valence-corrected chi connectivity index (χ3v) is 1.79. The van der Waals surface area contributed by atoms with Crippen molar-refractivity contribution in [2.45, 2.75) is 19.9 Å². The van der Waals surface area contributed by atoms with Gasteiger partial charge in [-0.15, -0.1) is 0 Å². The Labute approximate surface area is 70.7 Å². The molecule has 66 valence electrons. The first kappa shape index (κ1) is 7.39. The maximum atomic E-state index is 5.30. The number of nitrogens with one attached hydrogen (secondary N) is 1. The van der Waals surface area contributed by atoms with Crippen molar-refractivity contribution >= 4 is 5.82 Å². The minimum atomic E-state index is 0.315. The molecule has 2 rings (SSSR count). The van der Waals surface area contributed by atoms with Crippen LogP contribution in [0.1, 0.15) is 19.9 Å². The predicted octanol–water partition coefficient (Wildman–Crippen LogP) is 0.663. The molecule has 1 aliphatic rings. The van der Waals surface area contributed by atoms with Gasteiger partial charge in [0.2, 0.25) is 0 Å². The molecular weight excluding hydrogens is 156 g/mol. The lowest BCUT2D eigenvalue weighted by molar-refractivity contribution is 0.310. The highest BCUT2D eigenvalue weighted by Gasteiger charge is 2.18. The van der Waals surface area contributed by atoms with Crippen LogP contribution in [0.15, 0.2) is 0 Å². The zero-order valence-electron chi connectivity index (χ0n) is 7.24. The number of fused-ring (bicyclic) bond motifs is 1. The van der Waals surface area contributed by atoms with Gasteiger partial charge in [0.15, 0.2) is 5.82 Å². The minimum Gasteiger partial charge on any atom is -0.472 e. The van der Waals surface area contributed by atoms with Gasteiger partial charge in [-0.1, -0.05) is 10.3 Å². The summed E-state index contributed by atoms with van der Waals surface area (Å²) in [5.41, 5.74) is 0. The highest BCUT2D eigenvalue weighted by molar-refractivity contribution is 5.47. The molecule has 0 amide bonds. The van der Waals surface area contributed by atoms with E-state index in [1.807, 2.05) is 4.68 Å². The molecule has 0 fully saturated rings. The van der Waals surface area contributed by atoms with Crippen LogP contribution in [0.2, 0.25) is 0 Å². The Morgan fingerprint density at radius 2 is 2.42 bits per heavy atom. The molecule has 1 N–H and O–H groups in total. The summed E-state index contributed by atoms with van der Waals surface area (Å²) < 4.78 is 7.13. The van der Waals surface area contributed by atoms with Crippen LogP contribution in [0.3, 0.4) is 0 Å². The van der Waals surface area contributed by atoms with E-state index in [0.717, 1.165) is 12.4 Å². The van der Waals surface area contributed by atoms with E-state index in [9.17, 15) is 0 Å². The van der Waals surface area contributed by atoms with Gasteiger partial charge < -0.3 is 10.1 Å². The van der Waals surface area contributed by atoms with Crippen molar-refractivity contribution in [3.05, 3.63) is 0 Å². The summed E-state index contributed by atoms with van der Waals surface area (Å²) in [5.74, 6) is 1.52. The van der Waals surface area contributed by atoms with E-state index in [2.05, 4.69) is 29.5 Å². The van der Waals surface area contributed by atoms with Crippen molar-refractivity contribution < 1.29 is 4.74 Å². The van der Waals surface area contributed by atoms with Gasteiger partial charge in [0.25, 0.3) is 5.88 Å². The van der Waals surface area contributed by atoms with Crippen molar-refractivity contribution in [3.63, 3.8) is 0 Å². The van der Waals surface area contributed by atoms with E-state index >= 15 is 0 Å². The van der Waals surface area contributed by atoms with Gasteiger partial charge in [-0.25, -0.2) is 4.68 Å². The quantitative estimate of drug-likeness (QED) is 0.669. The van der Waals surface area contributed by atoms with Crippen LogP contribution in [0.5, 0.6) is 5.88 Å².